The van der Waals surface area contributed by atoms with Crippen LogP contribution in [0.2, 0.25) is 0 Å². The van der Waals surface area contributed by atoms with Crippen molar-refractivity contribution in [3.8, 4) is 23.5 Å². The maximum absolute atomic E-state index is 12.7. The van der Waals surface area contributed by atoms with Gasteiger partial charge in [0, 0.05) is 6.20 Å². The molecule has 0 saturated carbocycles. The van der Waals surface area contributed by atoms with E-state index in [9.17, 15) is 9.59 Å². The molecule has 0 spiro atoms. The Balaban J connectivity index is 2.25. The van der Waals surface area contributed by atoms with Crippen LogP contribution in [0.4, 0.5) is 0 Å². The quantitative estimate of drug-likeness (QED) is 0.566. The van der Waals surface area contributed by atoms with Crippen molar-refractivity contribution < 1.29 is 28.5 Å². The van der Waals surface area contributed by atoms with Crippen LogP contribution >= 0.6 is 11.8 Å². The lowest BCUT2D eigenvalue weighted by atomic mass is 10.2. The van der Waals surface area contributed by atoms with E-state index in [1.165, 1.54) is 39.7 Å². The molecule has 1 N–H and O–H groups in total. The van der Waals surface area contributed by atoms with Gasteiger partial charge < -0.3 is 24.3 Å². The molecule has 1 unspecified atom stereocenters. The first kappa shape index (κ1) is 22.2. The first-order valence-corrected chi connectivity index (χ1v) is 9.89. The fraction of sp³-hybridized carbons (Fsp3) is 0.389. The third-order valence-corrected chi connectivity index (χ3v) is 4.31. The number of amides is 1. The van der Waals surface area contributed by atoms with E-state index in [2.05, 4.69) is 20.3 Å². The SMILES string of the molecule is COC(=O)C(CCSC)NC(=O)c1ncccc1Oc1nc(OC)cc(OC)n1. The maximum atomic E-state index is 12.7. The van der Waals surface area contributed by atoms with E-state index in [1.54, 1.807) is 17.8 Å². The third-order valence-electron chi connectivity index (χ3n) is 3.67. The second kappa shape index (κ2) is 11.1. The van der Waals surface area contributed by atoms with Crippen molar-refractivity contribution in [2.75, 3.05) is 33.3 Å². The van der Waals surface area contributed by atoms with Gasteiger partial charge in [-0.3, -0.25) is 4.79 Å². The fourth-order valence-electron chi connectivity index (χ4n) is 2.23. The van der Waals surface area contributed by atoms with Crippen LogP contribution < -0.4 is 19.5 Å². The highest BCUT2D eigenvalue weighted by Crippen LogP contribution is 2.25. The average molecular weight is 422 g/mol. The predicted octanol–water partition coefficient (Wildman–Crippen LogP) is 1.71. The number of esters is 1. The Bertz CT molecular complexity index is 829. The number of nitrogens with one attached hydrogen (secondary N) is 1. The average Bonchev–Trinajstić information content (AvgIpc) is 2.75. The van der Waals surface area contributed by atoms with Crippen LogP contribution in [0.1, 0.15) is 16.9 Å². The second-order valence-electron chi connectivity index (χ2n) is 5.52. The molecule has 2 aromatic rings. The van der Waals surface area contributed by atoms with E-state index in [1.807, 2.05) is 6.26 Å². The van der Waals surface area contributed by atoms with E-state index < -0.39 is 17.9 Å². The summed E-state index contributed by atoms with van der Waals surface area (Å²) in [5.74, 6) is 0.102. The number of rotatable bonds is 10. The molecule has 0 bridgehead atoms. The molecule has 0 fully saturated rings. The summed E-state index contributed by atoms with van der Waals surface area (Å²) in [7, 11) is 4.15. The number of thioether (sulfide) groups is 1. The number of methoxy groups -OCH3 is 3. The normalized spacial score (nSPS) is 11.3. The molecule has 0 aliphatic rings. The molecule has 10 nitrogen and oxygen atoms in total. The number of hydrogen-bond acceptors (Lipinski definition) is 10. The van der Waals surface area contributed by atoms with Crippen molar-refractivity contribution >= 4 is 23.6 Å². The second-order valence-corrected chi connectivity index (χ2v) is 6.50. The number of nitrogens with zero attached hydrogens (tertiary/aromatic N) is 3. The van der Waals surface area contributed by atoms with Crippen molar-refractivity contribution in [1.82, 2.24) is 20.3 Å². The number of hydrogen-bond donors (Lipinski definition) is 1. The molecule has 0 aromatic carbocycles. The Labute approximate surface area is 172 Å². The molecule has 0 aliphatic heterocycles. The minimum atomic E-state index is -0.803. The van der Waals surface area contributed by atoms with Crippen LogP contribution in [-0.2, 0) is 9.53 Å². The lowest BCUT2D eigenvalue weighted by Gasteiger charge is -2.16. The molecular formula is C18H22N4O6S. The predicted molar refractivity (Wildman–Crippen MR) is 106 cm³/mol. The standard InChI is InChI=1S/C18H22N4O6S/c1-25-13-10-14(26-2)22-18(21-13)28-12-6-5-8-19-15(12)16(23)20-11(7-9-29-4)17(24)27-3/h5-6,8,10-11H,7,9H2,1-4H3,(H,20,23). The summed E-state index contributed by atoms with van der Waals surface area (Å²) in [4.78, 5) is 36.9. The smallest absolute Gasteiger partial charge is 0.328 e. The number of carbonyl (C=O) groups is 2. The molecule has 0 radical (unpaired) electrons. The highest BCUT2D eigenvalue weighted by molar-refractivity contribution is 7.98. The zero-order valence-corrected chi connectivity index (χ0v) is 17.3. The molecule has 1 atom stereocenters. The van der Waals surface area contributed by atoms with E-state index in [0.29, 0.717) is 12.2 Å². The first-order chi connectivity index (χ1) is 14.0. The number of aromatic nitrogens is 3. The third kappa shape index (κ3) is 6.21. The molecule has 0 saturated heterocycles. The summed E-state index contributed by atoms with van der Waals surface area (Å²) in [6.07, 6.45) is 3.76. The Morgan fingerprint density at radius 1 is 1.17 bits per heavy atom. The number of ether oxygens (including phenoxy) is 4. The van der Waals surface area contributed by atoms with Gasteiger partial charge in [-0.2, -0.15) is 21.7 Å². The Morgan fingerprint density at radius 3 is 2.45 bits per heavy atom. The maximum Gasteiger partial charge on any atom is 0.328 e. The summed E-state index contributed by atoms with van der Waals surface area (Å²) < 4.78 is 20.6. The minimum absolute atomic E-state index is 0.0315. The van der Waals surface area contributed by atoms with Gasteiger partial charge in [-0.05, 0) is 30.6 Å². The molecule has 29 heavy (non-hydrogen) atoms. The molecule has 11 heteroatoms. The minimum Gasteiger partial charge on any atom is -0.481 e. The first-order valence-electron chi connectivity index (χ1n) is 8.50. The van der Waals surface area contributed by atoms with Gasteiger partial charge in [-0.25, -0.2) is 9.78 Å². The summed E-state index contributed by atoms with van der Waals surface area (Å²) in [6, 6.07) is 3.72. The van der Waals surface area contributed by atoms with Crippen molar-refractivity contribution in [1.29, 1.82) is 0 Å². The van der Waals surface area contributed by atoms with Crippen molar-refractivity contribution in [2.24, 2.45) is 0 Å². The van der Waals surface area contributed by atoms with Crippen molar-refractivity contribution in [3.05, 3.63) is 30.1 Å². The van der Waals surface area contributed by atoms with Gasteiger partial charge in [0.1, 0.15) is 6.04 Å². The Kier molecular flexibility index (Phi) is 8.46. The topological polar surface area (TPSA) is 122 Å². The molecule has 156 valence electrons. The molecule has 2 heterocycles. The summed E-state index contributed by atoms with van der Waals surface area (Å²) in [6.45, 7) is 0. The van der Waals surface area contributed by atoms with Gasteiger partial charge >= 0.3 is 12.0 Å². The molecule has 0 aliphatic carbocycles. The summed E-state index contributed by atoms with van der Waals surface area (Å²) >= 11 is 1.55. The van der Waals surface area contributed by atoms with Gasteiger partial charge in [0.2, 0.25) is 11.8 Å². The number of carbonyl (C=O) groups excluding carboxylic acids is 2. The van der Waals surface area contributed by atoms with Crippen LogP contribution in [-0.4, -0.2) is 66.2 Å². The molecular weight excluding hydrogens is 400 g/mol. The van der Waals surface area contributed by atoms with Crippen LogP contribution in [0, 0.1) is 0 Å². The highest BCUT2D eigenvalue weighted by atomic mass is 32.2. The zero-order valence-electron chi connectivity index (χ0n) is 16.5. The van der Waals surface area contributed by atoms with Crippen LogP contribution in [0.3, 0.4) is 0 Å². The Morgan fingerprint density at radius 2 is 1.86 bits per heavy atom. The molecule has 2 rings (SSSR count). The van der Waals surface area contributed by atoms with E-state index >= 15 is 0 Å². The Hall–Kier alpha value is -3.08. The fourth-order valence-corrected chi connectivity index (χ4v) is 2.71. The van der Waals surface area contributed by atoms with Gasteiger partial charge in [0.15, 0.2) is 11.4 Å². The summed E-state index contributed by atoms with van der Waals surface area (Å²) in [5.41, 5.74) is -0.0315. The van der Waals surface area contributed by atoms with E-state index in [-0.39, 0.29) is 29.2 Å². The largest absolute Gasteiger partial charge is 0.481 e. The molecule has 1 amide bonds. The van der Waals surface area contributed by atoms with Crippen LogP contribution in [0.15, 0.2) is 24.4 Å². The lowest BCUT2D eigenvalue weighted by molar-refractivity contribution is -0.142. The van der Waals surface area contributed by atoms with E-state index in [4.69, 9.17) is 18.9 Å². The van der Waals surface area contributed by atoms with Crippen LogP contribution in [0.5, 0.6) is 23.5 Å². The van der Waals surface area contributed by atoms with Gasteiger partial charge in [0.05, 0.1) is 27.4 Å². The van der Waals surface area contributed by atoms with E-state index in [0.717, 1.165) is 0 Å². The zero-order chi connectivity index (χ0) is 21.2. The monoisotopic (exact) mass is 422 g/mol. The highest BCUT2D eigenvalue weighted by Gasteiger charge is 2.24. The van der Waals surface area contributed by atoms with Crippen molar-refractivity contribution in [2.45, 2.75) is 12.5 Å². The molecule has 2 aromatic heterocycles. The van der Waals surface area contributed by atoms with Crippen LogP contribution in [0.25, 0.3) is 0 Å². The van der Waals surface area contributed by atoms with Gasteiger partial charge in [-0.1, -0.05) is 0 Å². The van der Waals surface area contributed by atoms with Crippen molar-refractivity contribution in [3.63, 3.8) is 0 Å². The number of pyridine rings is 1. The van der Waals surface area contributed by atoms with Gasteiger partial charge in [-0.15, -0.1) is 0 Å². The lowest BCUT2D eigenvalue weighted by Crippen LogP contribution is -2.42. The summed E-state index contributed by atoms with van der Waals surface area (Å²) in [5, 5.41) is 2.63. The van der Waals surface area contributed by atoms with Gasteiger partial charge in [0.25, 0.3) is 5.91 Å².